The number of hydrogen-bond acceptors (Lipinski definition) is 4. The second-order valence-corrected chi connectivity index (χ2v) is 9.31. The van der Waals surface area contributed by atoms with Gasteiger partial charge in [0.25, 0.3) is 17.4 Å². The Bertz CT molecular complexity index is 1470. The largest absolute Gasteiger partial charge is 0.281 e. The number of carbonyl (C=O) groups excluding carboxylic acids is 2. The van der Waals surface area contributed by atoms with Crippen LogP contribution in [0.15, 0.2) is 65.6 Å². The minimum Gasteiger partial charge on any atom is -0.267 e. The van der Waals surface area contributed by atoms with Crippen LogP contribution in [-0.2, 0) is 6.42 Å². The molecule has 10 heteroatoms. The molecule has 6 nitrogen and oxygen atoms in total. The van der Waals surface area contributed by atoms with Gasteiger partial charge in [-0.1, -0.05) is 59.7 Å². The van der Waals surface area contributed by atoms with Crippen molar-refractivity contribution in [3.8, 4) is 0 Å². The molecule has 0 aliphatic carbocycles. The van der Waals surface area contributed by atoms with E-state index in [1.165, 1.54) is 42.6 Å². The number of pyridine rings is 2. The lowest BCUT2D eigenvalue weighted by Crippen LogP contribution is -2.51. The summed E-state index contributed by atoms with van der Waals surface area (Å²) in [5, 5.41) is 1.92. The van der Waals surface area contributed by atoms with Crippen molar-refractivity contribution >= 4 is 69.3 Å². The molecular formula is C25H17Cl4N3O3. The molecule has 2 aromatic carbocycles. The molecule has 4 rings (SSSR count). The van der Waals surface area contributed by atoms with Gasteiger partial charge in [0.2, 0.25) is 0 Å². The van der Waals surface area contributed by atoms with Crippen LogP contribution < -0.4 is 10.6 Å². The van der Waals surface area contributed by atoms with Gasteiger partial charge in [-0.25, -0.2) is 4.98 Å². The van der Waals surface area contributed by atoms with E-state index in [1.807, 2.05) is 6.92 Å². The Balaban J connectivity index is 2.04. The zero-order chi connectivity index (χ0) is 25.3. The van der Waals surface area contributed by atoms with Crippen LogP contribution in [0.5, 0.6) is 0 Å². The number of rotatable bonds is 5. The van der Waals surface area contributed by atoms with Gasteiger partial charge in [0.15, 0.2) is 5.65 Å². The van der Waals surface area contributed by atoms with Crippen molar-refractivity contribution in [1.29, 1.82) is 0 Å². The maximum atomic E-state index is 13.9. The number of halogens is 4. The van der Waals surface area contributed by atoms with Crippen molar-refractivity contribution in [2.24, 2.45) is 0 Å². The highest BCUT2D eigenvalue weighted by atomic mass is 35.5. The summed E-state index contributed by atoms with van der Waals surface area (Å²) in [7, 11) is 0. The van der Waals surface area contributed by atoms with Crippen LogP contribution in [0.25, 0.3) is 11.0 Å². The maximum Gasteiger partial charge on any atom is 0.281 e. The number of benzene rings is 2. The Morgan fingerprint density at radius 1 is 0.886 bits per heavy atom. The predicted molar refractivity (Wildman–Crippen MR) is 140 cm³/mol. The second kappa shape index (κ2) is 10.4. The van der Waals surface area contributed by atoms with Crippen LogP contribution in [-0.4, -0.2) is 21.5 Å². The molecular weight excluding hydrogens is 532 g/mol. The highest BCUT2D eigenvalue weighted by Crippen LogP contribution is 2.26. The van der Waals surface area contributed by atoms with Crippen LogP contribution in [0.1, 0.15) is 39.6 Å². The fourth-order valence-electron chi connectivity index (χ4n) is 3.64. The minimum atomic E-state index is -0.856. The maximum absolute atomic E-state index is 13.9. The van der Waals surface area contributed by atoms with Gasteiger partial charge < -0.3 is 0 Å². The highest BCUT2D eigenvalue weighted by Gasteiger charge is 2.32. The normalized spacial score (nSPS) is 11.0. The molecule has 0 aliphatic heterocycles. The number of nitrogens with zero attached hydrogens (tertiary/aromatic N) is 3. The molecule has 0 fully saturated rings. The Labute approximate surface area is 220 Å². The molecule has 0 aliphatic rings. The molecule has 0 saturated carbocycles. The monoisotopic (exact) mass is 547 g/mol. The number of aryl methyl sites for hydroxylation is 1. The zero-order valence-corrected chi connectivity index (χ0v) is 21.3. The zero-order valence-electron chi connectivity index (χ0n) is 18.3. The lowest BCUT2D eigenvalue weighted by molar-refractivity contribution is 0.0856. The Morgan fingerprint density at radius 3 is 1.97 bits per heavy atom. The van der Waals surface area contributed by atoms with Gasteiger partial charge >= 0.3 is 0 Å². The molecule has 2 aromatic heterocycles. The smallest absolute Gasteiger partial charge is 0.267 e. The van der Waals surface area contributed by atoms with E-state index in [2.05, 4.69) is 4.98 Å². The molecule has 0 radical (unpaired) electrons. The van der Waals surface area contributed by atoms with E-state index in [-0.39, 0.29) is 26.8 Å². The van der Waals surface area contributed by atoms with Crippen LogP contribution in [0.2, 0.25) is 20.1 Å². The van der Waals surface area contributed by atoms with Gasteiger partial charge in [0.1, 0.15) is 0 Å². The summed E-state index contributed by atoms with van der Waals surface area (Å²) >= 11 is 24.6. The van der Waals surface area contributed by atoms with E-state index in [9.17, 15) is 14.4 Å². The molecule has 0 atom stereocenters. The Kier molecular flexibility index (Phi) is 7.47. The molecule has 2 amide bonds. The van der Waals surface area contributed by atoms with Gasteiger partial charge in [0.05, 0.1) is 21.2 Å². The van der Waals surface area contributed by atoms with Crippen molar-refractivity contribution in [1.82, 2.24) is 9.66 Å². The summed E-state index contributed by atoms with van der Waals surface area (Å²) in [6.07, 6.45) is 2.58. The Morgan fingerprint density at radius 2 is 1.46 bits per heavy atom. The van der Waals surface area contributed by atoms with E-state index in [4.69, 9.17) is 46.4 Å². The summed E-state index contributed by atoms with van der Waals surface area (Å²) in [6.45, 7) is 1.92. The molecule has 0 saturated heterocycles. The Hall–Kier alpha value is -2.90. The molecule has 2 heterocycles. The highest BCUT2D eigenvalue weighted by molar-refractivity contribution is 6.40. The van der Waals surface area contributed by atoms with Crippen LogP contribution in [0.4, 0.5) is 0 Å². The third-order valence-electron chi connectivity index (χ3n) is 5.24. The van der Waals surface area contributed by atoms with Crippen LogP contribution in [0, 0.1) is 0 Å². The number of hydrogen-bond donors (Lipinski definition) is 0. The van der Waals surface area contributed by atoms with Gasteiger partial charge in [-0.3, -0.25) is 14.4 Å². The first-order valence-corrected chi connectivity index (χ1v) is 12.0. The third-order valence-corrected chi connectivity index (χ3v) is 6.34. The number of aromatic nitrogens is 2. The first-order valence-electron chi connectivity index (χ1n) is 10.5. The average Bonchev–Trinajstić information content (AvgIpc) is 2.81. The van der Waals surface area contributed by atoms with Gasteiger partial charge in [0, 0.05) is 27.2 Å². The van der Waals surface area contributed by atoms with E-state index in [1.54, 1.807) is 18.2 Å². The predicted octanol–water partition coefficient (Wildman–Crippen LogP) is 6.58. The van der Waals surface area contributed by atoms with E-state index in [0.717, 1.165) is 4.68 Å². The number of amides is 2. The SMILES string of the molecule is CCCc1cc2cccnc2n(N(C(=O)c2ccc(Cl)cc2Cl)C(=O)c2ccc(Cl)cc2Cl)c1=O. The average molecular weight is 549 g/mol. The molecule has 35 heavy (non-hydrogen) atoms. The number of carbonyl (C=O) groups is 2. The lowest BCUT2D eigenvalue weighted by atomic mass is 10.1. The topological polar surface area (TPSA) is 72.3 Å². The molecule has 0 bridgehead atoms. The lowest BCUT2D eigenvalue weighted by Gasteiger charge is -2.25. The van der Waals surface area contributed by atoms with Gasteiger partial charge in [-0.2, -0.15) is 9.69 Å². The van der Waals surface area contributed by atoms with Crippen molar-refractivity contribution < 1.29 is 9.59 Å². The quantitative estimate of drug-likeness (QED) is 0.264. The fourth-order valence-corrected chi connectivity index (χ4v) is 4.62. The molecule has 0 N–H and O–H groups in total. The third kappa shape index (κ3) is 4.93. The van der Waals surface area contributed by atoms with E-state index >= 15 is 0 Å². The molecule has 0 spiro atoms. The summed E-state index contributed by atoms with van der Waals surface area (Å²) in [4.78, 5) is 45.6. The minimum absolute atomic E-state index is 0.0116. The summed E-state index contributed by atoms with van der Waals surface area (Å²) in [6, 6.07) is 13.6. The number of imide groups is 1. The van der Waals surface area contributed by atoms with Crippen LogP contribution >= 0.6 is 46.4 Å². The van der Waals surface area contributed by atoms with Crippen molar-refractivity contribution in [2.45, 2.75) is 19.8 Å². The first-order chi connectivity index (χ1) is 16.7. The fraction of sp³-hybridized carbons (Fsp3) is 0.120. The summed E-state index contributed by atoms with van der Waals surface area (Å²) < 4.78 is 0.973. The van der Waals surface area contributed by atoms with Crippen LogP contribution in [0.3, 0.4) is 0 Å². The molecule has 4 aromatic rings. The van der Waals surface area contributed by atoms with Crippen molar-refractivity contribution in [3.63, 3.8) is 0 Å². The van der Waals surface area contributed by atoms with E-state index < -0.39 is 17.4 Å². The second-order valence-electron chi connectivity index (χ2n) is 7.62. The van der Waals surface area contributed by atoms with Crippen molar-refractivity contribution in [3.05, 3.63) is 108 Å². The van der Waals surface area contributed by atoms with Gasteiger partial charge in [-0.15, -0.1) is 0 Å². The van der Waals surface area contributed by atoms with Gasteiger partial charge in [-0.05, 0) is 61.0 Å². The first kappa shape index (κ1) is 25.2. The summed E-state index contributed by atoms with van der Waals surface area (Å²) in [5.74, 6) is -1.71. The molecule has 178 valence electrons. The van der Waals surface area contributed by atoms with E-state index in [0.29, 0.717) is 38.8 Å². The summed E-state index contributed by atoms with van der Waals surface area (Å²) in [5.41, 5.74) is -0.0927. The molecule has 0 unspecified atom stereocenters. The standard InChI is InChI=1S/C25H17Cl4N3O3/c1-2-4-15-11-14-5-3-10-30-22(14)31(23(15)33)32(24(34)18-8-6-16(26)12-20(18)28)25(35)19-9-7-17(27)13-21(19)29/h3,5-13H,2,4H2,1H3. The number of fused-ring (bicyclic) bond motifs is 1. The van der Waals surface area contributed by atoms with Crippen molar-refractivity contribution in [2.75, 3.05) is 5.01 Å².